The summed E-state index contributed by atoms with van der Waals surface area (Å²) in [5, 5.41) is 12.4. The lowest BCUT2D eigenvalue weighted by Gasteiger charge is -2.30. The van der Waals surface area contributed by atoms with Gasteiger partial charge < -0.3 is 38.1 Å². The van der Waals surface area contributed by atoms with E-state index in [-0.39, 0.29) is 23.9 Å². The zero-order valence-corrected chi connectivity index (χ0v) is 50.9. The highest BCUT2D eigenvalue weighted by atomic mass is 31.2. The number of phenolic OH excluding ortho intramolecular Hbond substituents is 1. The van der Waals surface area contributed by atoms with Crippen molar-refractivity contribution in [3.63, 3.8) is 0 Å². The summed E-state index contributed by atoms with van der Waals surface area (Å²) in [6, 6.07) is 56.6. The van der Waals surface area contributed by atoms with E-state index in [2.05, 4.69) is 144 Å². The van der Waals surface area contributed by atoms with Crippen LogP contribution in [-0.2, 0) is 23.0 Å². The minimum Gasteiger partial charge on any atom is -0.508 e. The Bertz CT molecular complexity index is 3650. The lowest BCUT2D eigenvalue weighted by Crippen LogP contribution is -2.31. The van der Waals surface area contributed by atoms with Crippen molar-refractivity contribution >= 4 is 23.1 Å². The van der Waals surface area contributed by atoms with Gasteiger partial charge in [0.15, 0.2) is 7.14 Å². The summed E-state index contributed by atoms with van der Waals surface area (Å²) in [6.07, 6.45) is 0.776. The highest BCUT2D eigenvalue weighted by molar-refractivity contribution is 7.85. The Morgan fingerprint density at radius 3 is 1.30 bits per heavy atom. The number of aryl methyl sites for hydroxylation is 8. The molecule has 0 atom stereocenters. The van der Waals surface area contributed by atoms with E-state index < -0.39 is 12.7 Å². The zero-order chi connectivity index (χ0) is 58.7. The molecule has 9 aromatic carbocycles. The first-order valence-corrected chi connectivity index (χ1v) is 29.9. The summed E-state index contributed by atoms with van der Waals surface area (Å²) in [5.41, 5.74) is 12.1. The van der Waals surface area contributed by atoms with Gasteiger partial charge in [0, 0.05) is 22.4 Å². The molecule has 0 aromatic heterocycles. The van der Waals surface area contributed by atoms with Gasteiger partial charge in [0.05, 0.1) is 11.4 Å². The molecule has 0 fully saturated rings. The topological polar surface area (TPSA) is 92.7 Å². The van der Waals surface area contributed by atoms with Crippen LogP contribution in [0.25, 0.3) is 0 Å². The summed E-state index contributed by atoms with van der Waals surface area (Å²) in [5.74, 6) is 6.93. The summed E-state index contributed by atoms with van der Waals surface area (Å²) in [6.45, 7) is 29.9. The van der Waals surface area contributed by atoms with E-state index in [0.29, 0.717) is 39.6 Å². The molecule has 0 radical (unpaired) electrons. The van der Waals surface area contributed by atoms with E-state index >= 15 is 4.57 Å². The van der Waals surface area contributed by atoms with Gasteiger partial charge >= 0.3 is 0 Å². The lowest BCUT2D eigenvalue weighted by molar-refractivity contribution is 0.108. The van der Waals surface area contributed by atoms with E-state index in [1.165, 1.54) is 11.1 Å². The fourth-order valence-corrected chi connectivity index (χ4v) is 13.7. The van der Waals surface area contributed by atoms with Crippen molar-refractivity contribution in [2.75, 3.05) is 0 Å². The van der Waals surface area contributed by atoms with Gasteiger partial charge in [0.2, 0.25) is 0 Å². The van der Waals surface area contributed by atoms with Crippen LogP contribution < -0.4 is 44.3 Å². The maximum atomic E-state index is 15.2. The van der Waals surface area contributed by atoms with Crippen LogP contribution >= 0.6 is 7.14 Å². The first-order chi connectivity index (χ1) is 39.0. The molecule has 0 unspecified atom stereocenters. The molecule has 0 bridgehead atoms. The van der Waals surface area contributed by atoms with Crippen LogP contribution in [0.5, 0.6) is 57.5 Å². The number of ether oxygens (including phenoxy) is 6. The average Bonchev–Trinajstić information content (AvgIpc) is 2.49. The molecule has 0 saturated carbocycles. The van der Waals surface area contributed by atoms with Crippen molar-refractivity contribution in [2.45, 2.75) is 127 Å². The Morgan fingerprint density at radius 1 is 0.451 bits per heavy atom. The van der Waals surface area contributed by atoms with Crippen LogP contribution in [0.4, 0.5) is 0 Å². The number of hydrogen-bond donors (Lipinski definition) is 1. The van der Waals surface area contributed by atoms with Crippen molar-refractivity contribution in [3.05, 3.63) is 243 Å². The SMILES string of the molecule is Cc1cc(C(C)(C)c2cc(C)c(Oc3cc(C)c(OC(C)(C)Cc4ccc(Oc5ccc(COc6ccc(O)cc6P(=O)(c6ccccc6)c6ccccc6)cc5)cc4)c(C)c3)c(C)c2)cc(C)c1Oc1cc(C)c(OC(C)C)c(C)c1. The molecule has 422 valence electrons. The maximum absolute atomic E-state index is 15.2. The molecule has 0 aliphatic rings. The normalized spacial score (nSPS) is 11.8. The Morgan fingerprint density at radius 2 is 0.866 bits per heavy atom. The first kappa shape index (κ1) is 58.5. The molecule has 0 spiro atoms. The van der Waals surface area contributed by atoms with Crippen molar-refractivity contribution in [1.29, 1.82) is 0 Å². The smallest absolute Gasteiger partial charge is 0.174 e. The Balaban J connectivity index is 0.809. The monoisotopic (exact) mass is 1110 g/mol. The van der Waals surface area contributed by atoms with E-state index in [1.807, 2.05) is 111 Å². The van der Waals surface area contributed by atoms with Gasteiger partial charge in [-0.3, -0.25) is 0 Å². The molecule has 82 heavy (non-hydrogen) atoms. The third kappa shape index (κ3) is 13.1. The van der Waals surface area contributed by atoms with Crippen LogP contribution in [0, 0.1) is 55.4 Å². The molecule has 0 aliphatic carbocycles. The fraction of sp³-hybridized carbons (Fsp3) is 0.260. The maximum Gasteiger partial charge on any atom is 0.174 e. The van der Waals surface area contributed by atoms with Gasteiger partial charge in [0.25, 0.3) is 0 Å². The van der Waals surface area contributed by atoms with Gasteiger partial charge in [-0.05, 0) is 217 Å². The summed E-state index contributed by atoms with van der Waals surface area (Å²) < 4.78 is 54.0. The third-order valence-corrected chi connectivity index (χ3v) is 18.1. The minimum atomic E-state index is -3.40. The summed E-state index contributed by atoms with van der Waals surface area (Å²) in [7, 11) is -3.40. The van der Waals surface area contributed by atoms with Crippen LogP contribution in [0.1, 0.15) is 108 Å². The molecular formula is C73H77O8P. The average molecular weight is 1110 g/mol. The van der Waals surface area contributed by atoms with Crippen molar-refractivity contribution in [2.24, 2.45) is 0 Å². The second-order valence-electron chi connectivity index (χ2n) is 23.3. The first-order valence-electron chi connectivity index (χ1n) is 28.2. The number of rotatable bonds is 20. The number of benzene rings is 9. The van der Waals surface area contributed by atoms with Crippen molar-refractivity contribution in [3.8, 4) is 57.5 Å². The number of aromatic hydroxyl groups is 1. The Kier molecular flexibility index (Phi) is 17.2. The molecule has 0 heterocycles. The van der Waals surface area contributed by atoms with Crippen LogP contribution in [0.2, 0.25) is 0 Å². The predicted octanol–water partition coefficient (Wildman–Crippen LogP) is 18.0. The molecule has 9 aromatic rings. The highest BCUT2D eigenvalue weighted by Crippen LogP contribution is 2.47. The number of phenols is 1. The largest absolute Gasteiger partial charge is 0.508 e. The van der Waals surface area contributed by atoms with E-state index in [1.54, 1.807) is 18.2 Å². The Labute approximate surface area is 486 Å². The molecule has 9 heteroatoms. The molecule has 9 rings (SSSR count). The fourth-order valence-electron chi connectivity index (χ4n) is 10.9. The standard InChI is InChI=1S/C73H77O8P/c1-46(2)77-68-51(7)39-62(40-52(68)8)79-69-47(3)35-57(36-48(69)4)73(13,14)58-37-49(5)70(50(6)38-58)80-63-41-53(9)71(54(10)42-63)81-72(11,12)44-55-25-30-60(31-26-55)78-61-32-27-56(28-33-61)45-76-66-34-29-59(74)43-67(66)82(75,64-21-17-15-18-22-64)65-23-19-16-20-24-65/h15-43,46,74H,44-45H2,1-14H3. The van der Waals surface area contributed by atoms with Gasteiger partial charge in [-0.2, -0.15) is 0 Å². The zero-order valence-electron chi connectivity index (χ0n) is 50.0. The minimum absolute atomic E-state index is 0.0157. The lowest BCUT2D eigenvalue weighted by atomic mass is 9.76. The molecule has 1 N–H and O–H groups in total. The third-order valence-electron chi connectivity index (χ3n) is 15.0. The second-order valence-corrected chi connectivity index (χ2v) is 26.0. The molecule has 8 nitrogen and oxygen atoms in total. The molecule has 0 saturated heterocycles. The van der Waals surface area contributed by atoms with Crippen LogP contribution in [0.15, 0.2) is 176 Å². The predicted molar refractivity (Wildman–Crippen MR) is 335 cm³/mol. The van der Waals surface area contributed by atoms with Crippen molar-refractivity contribution in [1.82, 2.24) is 0 Å². The van der Waals surface area contributed by atoms with Gasteiger partial charge in [-0.15, -0.1) is 0 Å². The molecule has 0 aliphatic heterocycles. The quantitative estimate of drug-likeness (QED) is 0.0755. The van der Waals surface area contributed by atoms with Gasteiger partial charge in [-0.25, -0.2) is 0 Å². The molecular weight excluding hydrogens is 1040 g/mol. The Hall–Kier alpha value is -8.19. The summed E-state index contributed by atoms with van der Waals surface area (Å²) in [4.78, 5) is 0. The second kappa shape index (κ2) is 24.1. The van der Waals surface area contributed by atoms with Crippen LogP contribution in [0.3, 0.4) is 0 Å². The van der Waals surface area contributed by atoms with Crippen LogP contribution in [-0.4, -0.2) is 16.8 Å². The van der Waals surface area contributed by atoms with Gasteiger partial charge in [0.1, 0.15) is 69.7 Å². The highest BCUT2D eigenvalue weighted by Gasteiger charge is 2.34. The van der Waals surface area contributed by atoms with E-state index in [0.717, 1.165) is 90.1 Å². The molecule has 0 amide bonds. The van der Waals surface area contributed by atoms with Gasteiger partial charge in [-0.1, -0.05) is 123 Å². The number of hydrogen-bond acceptors (Lipinski definition) is 8. The van der Waals surface area contributed by atoms with E-state index in [9.17, 15) is 5.11 Å². The summed E-state index contributed by atoms with van der Waals surface area (Å²) >= 11 is 0. The van der Waals surface area contributed by atoms with E-state index in [4.69, 9.17) is 28.4 Å². The van der Waals surface area contributed by atoms with Crippen molar-refractivity contribution < 1.29 is 38.1 Å².